The van der Waals surface area contributed by atoms with Crippen LogP contribution in [0.2, 0.25) is 0 Å². The number of para-hydroxylation sites is 1. The quantitative estimate of drug-likeness (QED) is 0.583. The minimum atomic E-state index is -0.855. The van der Waals surface area contributed by atoms with Gasteiger partial charge in [0.05, 0.1) is 6.42 Å². The van der Waals surface area contributed by atoms with Gasteiger partial charge in [-0.1, -0.05) is 53.7 Å². The van der Waals surface area contributed by atoms with Gasteiger partial charge in [-0.25, -0.2) is 0 Å². The Morgan fingerprint density at radius 2 is 1.90 bits per heavy atom. The van der Waals surface area contributed by atoms with E-state index in [4.69, 9.17) is 9.26 Å². The van der Waals surface area contributed by atoms with Crippen LogP contribution in [0.4, 0.5) is 5.69 Å². The SMILES string of the molecule is CC(OC(=O)CCc1nc(-c2ccccc2)no1)C(=O)N1CCCc2ccccc21. The van der Waals surface area contributed by atoms with Gasteiger partial charge in [-0.3, -0.25) is 9.59 Å². The number of hydrogen-bond acceptors (Lipinski definition) is 6. The third-order valence-corrected chi connectivity index (χ3v) is 5.08. The van der Waals surface area contributed by atoms with Crippen LogP contribution in [-0.4, -0.2) is 34.7 Å². The Morgan fingerprint density at radius 1 is 1.13 bits per heavy atom. The van der Waals surface area contributed by atoms with Gasteiger partial charge in [0.25, 0.3) is 5.91 Å². The lowest BCUT2D eigenvalue weighted by Crippen LogP contribution is -2.42. The zero-order chi connectivity index (χ0) is 20.9. The number of esters is 1. The Balaban J connectivity index is 1.31. The highest BCUT2D eigenvalue weighted by molar-refractivity contribution is 5.98. The number of benzene rings is 2. The molecular weight excluding hydrogens is 382 g/mol. The van der Waals surface area contributed by atoms with Crippen molar-refractivity contribution in [3.8, 4) is 11.4 Å². The molecule has 1 unspecified atom stereocenters. The van der Waals surface area contributed by atoms with Crippen molar-refractivity contribution in [2.45, 2.75) is 38.7 Å². The molecule has 0 saturated carbocycles. The minimum absolute atomic E-state index is 0.0601. The Morgan fingerprint density at radius 3 is 2.73 bits per heavy atom. The molecule has 3 aromatic rings. The van der Waals surface area contributed by atoms with Crippen molar-refractivity contribution in [2.75, 3.05) is 11.4 Å². The Labute approximate surface area is 174 Å². The van der Waals surface area contributed by atoms with Crippen LogP contribution in [-0.2, 0) is 27.2 Å². The van der Waals surface area contributed by atoms with Crippen LogP contribution in [0, 0.1) is 0 Å². The van der Waals surface area contributed by atoms with E-state index in [0.717, 1.165) is 29.7 Å². The first-order valence-electron chi connectivity index (χ1n) is 10.1. The van der Waals surface area contributed by atoms with Crippen molar-refractivity contribution < 1.29 is 18.8 Å². The maximum absolute atomic E-state index is 12.8. The minimum Gasteiger partial charge on any atom is -0.453 e. The molecule has 1 aliphatic rings. The molecule has 0 bridgehead atoms. The highest BCUT2D eigenvalue weighted by atomic mass is 16.5. The van der Waals surface area contributed by atoms with Crippen LogP contribution in [0.25, 0.3) is 11.4 Å². The van der Waals surface area contributed by atoms with Gasteiger partial charge in [0, 0.05) is 24.2 Å². The van der Waals surface area contributed by atoms with Crippen molar-refractivity contribution >= 4 is 17.6 Å². The summed E-state index contributed by atoms with van der Waals surface area (Å²) in [5.41, 5.74) is 2.88. The van der Waals surface area contributed by atoms with Gasteiger partial charge in [-0.05, 0) is 31.4 Å². The maximum Gasteiger partial charge on any atom is 0.307 e. The summed E-state index contributed by atoms with van der Waals surface area (Å²) in [6.45, 7) is 2.24. The number of aryl methyl sites for hydroxylation is 2. The molecule has 0 saturated heterocycles. The predicted octanol–water partition coefficient (Wildman–Crippen LogP) is 3.58. The van der Waals surface area contributed by atoms with Crippen molar-refractivity contribution in [1.29, 1.82) is 0 Å². The number of aromatic nitrogens is 2. The average Bonchev–Trinajstić information content (AvgIpc) is 3.26. The largest absolute Gasteiger partial charge is 0.453 e. The molecule has 2 aromatic carbocycles. The first-order valence-corrected chi connectivity index (χ1v) is 10.1. The lowest BCUT2D eigenvalue weighted by molar-refractivity contribution is -0.154. The monoisotopic (exact) mass is 405 g/mol. The zero-order valence-electron chi connectivity index (χ0n) is 16.8. The predicted molar refractivity (Wildman–Crippen MR) is 111 cm³/mol. The Hall–Kier alpha value is -3.48. The molecule has 0 fully saturated rings. The first-order chi connectivity index (χ1) is 14.6. The number of amides is 1. The summed E-state index contributed by atoms with van der Waals surface area (Å²) in [7, 11) is 0. The smallest absolute Gasteiger partial charge is 0.307 e. The standard InChI is InChI=1S/C23H23N3O4/c1-16(23(28)26-15-7-11-17-8-5-6-12-19(17)26)29-21(27)14-13-20-24-22(25-30-20)18-9-3-2-4-10-18/h2-6,8-10,12,16H,7,11,13-15H2,1H3. The summed E-state index contributed by atoms with van der Waals surface area (Å²) in [6, 6.07) is 17.3. The highest BCUT2D eigenvalue weighted by Gasteiger charge is 2.28. The van der Waals surface area contributed by atoms with E-state index >= 15 is 0 Å². The van der Waals surface area contributed by atoms with Gasteiger partial charge in [0.15, 0.2) is 6.10 Å². The molecule has 30 heavy (non-hydrogen) atoms. The van der Waals surface area contributed by atoms with E-state index < -0.39 is 12.1 Å². The van der Waals surface area contributed by atoms with Crippen LogP contribution in [0.1, 0.15) is 31.2 Å². The van der Waals surface area contributed by atoms with Crippen LogP contribution in [0.5, 0.6) is 0 Å². The third-order valence-electron chi connectivity index (χ3n) is 5.08. The summed E-state index contributed by atoms with van der Waals surface area (Å²) < 4.78 is 10.6. The summed E-state index contributed by atoms with van der Waals surface area (Å²) in [6.07, 6.45) is 1.30. The number of anilines is 1. The number of nitrogens with zero attached hydrogens (tertiary/aromatic N) is 3. The van der Waals surface area contributed by atoms with Gasteiger partial charge in [0.1, 0.15) is 0 Å². The van der Waals surface area contributed by atoms with Gasteiger partial charge in [-0.2, -0.15) is 4.98 Å². The van der Waals surface area contributed by atoms with Gasteiger partial charge in [0.2, 0.25) is 11.7 Å². The Bertz CT molecular complexity index is 1030. The van der Waals surface area contributed by atoms with Crippen LogP contribution in [0.15, 0.2) is 59.1 Å². The second-order valence-electron chi connectivity index (χ2n) is 7.23. The van der Waals surface area contributed by atoms with Crippen molar-refractivity contribution in [2.24, 2.45) is 0 Å². The number of ether oxygens (including phenoxy) is 1. The summed E-state index contributed by atoms with van der Waals surface area (Å²) in [5, 5.41) is 3.94. The van der Waals surface area contributed by atoms with Crippen molar-refractivity contribution in [1.82, 2.24) is 10.1 Å². The lowest BCUT2D eigenvalue weighted by Gasteiger charge is -2.31. The van der Waals surface area contributed by atoms with E-state index in [1.165, 1.54) is 0 Å². The fraction of sp³-hybridized carbons (Fsp3) is 0.304. The zero-order valence-corrected chi connectivity index (χ0v) is 16.8. The van der Waals surface area contributed by atoms with E-state index in [1.807, 2.05) is 54.6 Å². The van der Waals surface area contributed by atoms with Gasteiger partial charge in [-0.15, -0.1) is 0 Å². The van der Waals surface area contributed by atoms with Gasteiger partial charge >= 0.3 is 5.97 Å². The molecule has 0 spiro atoms. The molecule has 7 nitrogen and oxygen atoms in total. The summed E-state index contributed by atoms with van der Waals surface area (Å²) >= 11 is 0. The summed E-state index contributed by atoms with van der Waals surface area (Å²) in [5.74, 6) is 0.154. The number of fused-ring (bicyclic) bond motifs is 1. The second-order valence-corrected chi connectivity index (χ2v) is 7.23. The molecule has 0 aliphatic carbocycles. The van der Waals surface area contributed by atoms with Crippen LogP contribution >= 0.6 is 0 Å². The molecule has 4 rings (SSSR count). The highest BCUT2D eigenvalue weighted by Crippen LogP contribution is 2.27. The number of carbonyl (C=O) groups is 2. The van der Waals surface area contributed by atoms with Crippen LogP contribution in [0.3, 0.4) is 0 Å². The molecule has 0 N–H and O–H groups in total. The molecule has 154 valence electrons. The van der Waals surface area contributed by atoms with Crippen LogP contribution < -0.4 is 4.90 Å². The van der Waals surface area contributed by atoms with Crippen molar-refractivity contribution in [3.63, 3.8) is 0 Å². The maximum atomic E-state index is 12.8. The third kappa shape index (κ3) is 4.40. The molecule has 7 heteroatoms. The molecule has 2 heterocycles. The lowest BCUT2D eigenvalue weighted by atomic mass is 10.0. The van der Waals surface area contributed by atoms with E-state index in [0.29, 0.717) is 18.3 Å². The molecule has 0 radical (unpaired) electrons. The fourth-order valence-electron chi connectivity index (χ4n) is 3.56. The molecular formula is C23H23N3O4. The Kier molecular flexibility index (Phi) is 5.88. The summed E-state index contributed by atoms with van der Waals surface area (Å²) in [4.78, 5) is 31.1. The van der Waals surface area contributed by atoms with E-state index in [2.05, 4.69) is 10.1 Å². The van der Waals surface area contributed by atoms with E-state index in [-0.39, 0.29) is 18.7 Å². The fourth-order valence-corrected chi connectivity index (χ4v) is 3.56. The van der Waals surface area contributed by atoms with Crippen molar-refractivity contribution in [3.05, 3.63) is 66.1 Å². The first kappa shape index (κ1) is 19.8. The average molecular weight is 405 g/mol. The van der Waals surface area contributed by atoms with E-state index in [9.17, 15) is 9.59 Å². The molecule has 1 amide bonds. The molecule has 1 atom stereocenters. The normalized spacial score (nSPS) is 14.1. The number of carbonyl (C=O) groups excluding carboxylic acids is 2. The number of hydrogen-bond donors (Lipinski definition) is 0. The van der Waals surface area contributed by atoms with Gasteiger partial charge < -0.3 is 14.2 Å². The second kappa shape index (κ2) is 8.90. The van der Waals surface area contributed by atoms with E-state index in [1.54, 1.807) is 11.8 Å². The molecule has 1 aliphatic heterocycles. The number of rotatable bonds is 6. The molecule has 1 aromatic heterocycles. The topological polar surface area (TPSA) is 85.5 Å².